The lowest BCUT2D eigenvalue weighted by molar-refractivity contribution is -0.122. The topological polar surface area (TPSA) is 133 Å². The van der Waals surface area contributed by atoms with Gasteiger partial charge in [-0.2, -0.15) is 0 Å². The van der Waals surface area contributed by atoms with Gasteiger partial charge in [0.15, 0.2) is 29.1 Å². The zero-order chi connectivity index (χ0) is 27.8. The lowest BCUT2D eigenvalue weighted by Crippen LogP contribution is -2.35. The number of amides is 1. The van der Waals surface area contributed by atoms with Crippen molar-refractivity contribution in [2.45, 2.75) is 18.9 Å². The van der Waals surface area contributed by atoms with E-state index >= 15 is 0 Å². The molecule has 0 spiro atoms. The van der Waals surface area contributed by atoms with Gasteiger partial charge in [-0.1, -0.05) is 0 Å². The van der Waals surface area contributed by atoms with Gasteiger partial charge in [0.25, 0.3) is 5.91 Å². The first-order chi connectivity index (χ1) is 18.8. The molecule has 3 aromatic rings. The van der Waals surface area contributed by atoms with Crippen molar-refractivity contribution < 1.29 is 47.1 Å². The van der Waals surface area contributed by atoms with E-state index in [0.717, 1.165) is 0 Å². The van der Waals surface area contributed by atoms with Crippen LogP contribution in [-0.4, -0.2) is 54.4 Å². The number of nitrogens with one attached hydrogen (secondary N) is 1. The van der Waals surface area contributed by atoms with E-state index < -0.39 is 23.6 Å². The number of carbonyl (C=O) groups is 1. The Morgan fingerprint density at radius 1 is 0.846 bits per heavy atom. The first-order valence-electron chi connectivity index (χ1n) is 11.8. The second-order valence-corrected chi connectivity index (χ2v) is 8.61. The van der Waals surface area contributed by atoms with Crippen molar-refractivity contribution in [2.75, 3.05) is 47.7 Å². The lowest BCUT2D eigenvalue weighted by Gasteiger charge is -2.22. The fraction of sp³-hybridized carbons (Fsp3) is 0.333. The summed E-state index contributed by atoms with van der Waals surface area (Å²) in [5.74, 6) is 1.37. The number of ether oxygens (including phenoxy) is 8. The van der Waals surface area contributed by atoms with Crippen LogP contribution < -0.4 is 48.8 Å². The maximum absolute atomic E-state index is 13.8. The van der Waals surface area contributed by atoms with E-state index in [1.165, 1.54) is 35.5 Å². The molecule has 1 aromatic heterocycles. The number of methoxy groups -OCH3 is 5. The van der Waals surface area contributed by atoms with Gasteiger partial charge in [-0.15, -0.1) is 0 Å². The highest BCUT2D eigenvalue weighted by Crippen LogP contribution is 2.54. The molecular formula is C27H27NO11. The van der Waals surface area contributed by atoms with Crippen molar-refractivity contribution in [3.63, 3.8) is 0 Å². The number of benzene rings is 2. The second-order valence-electron chi connectivity index (χ2n) is 8.61. The quantitative estimate of drug-likeness (QED) is 0.451. The van der Waals surface area contributed by atoms with Crippen LogP contribution in [-0.2, 0) is 4.79 Å². The third-order valence-electron chi connectivity index (χ3n) is 6.48. The standard InChI is InChI=1S/C27H27NO11/c1-12-7-15-20(27(30)38-12)19(14-10-18(33-4)23-25(21(14)34-5)37-11-36-23)24(39-15)26(29)28-13-8-16(31-2)22(35-6)17(9-13)32-3/h7-10,19,24H,11H2,1-6H3,(H,28,29)/t19-,24-/m0/s1. The first-order valence-corrected chi connectivity index (χ1v) is 11.8. The summed E-state index contributed by atoms with van der Waals surface area (Å²) in [6.45, 7) is 1.57. The molecule has 5 rings (SSSR count). The highest BCUT2D eigenvalue weighted by Gasteiger charge is 2.46. The molecule has 2 aromatic carbocycles. The van der Waals surface area contributed by atoms with Gasteiger partial charge >= 0.3 is 5.63 Å². The van der Waals surface area contributed by atoms with Crippen LogP contribution in [0.4, 0.5) is 5.69 Å². The predicted molar refractivity (Wildman–Crippen MR) is 136 cm³/mol. The minimum Gasteiger partial charge on any atom is -0.493 e. The van der Waals surface area contributed by atoms with Crippen LogP contribution >= 0.6 is 0 Å². The molecule has 0 saturated carbocycles. The van der Waals surface area contributed by atoms with E-state index in [1.807, 2.05) is 0 Å². The minimum atomic E-state index is -1.21. The average Bonchev–Trinajstić information content (AvgIpc) is 3.57. The number of anilines is 1. The van der Waals surface area contributed by atoms with Gasteiger partial charge in [-0.25, -0.2) is 4.79 Å². The summed E-state index contributed by atoms with van der Waals surface area (Å²) in [6.07, 6.45) is -1.21. The molecule has 0 bridgehead atoms. The summed E-state index contributed by atoms with van der Waals surface area (Å²) >= 11 is 0. The Kier molecular flexibility index (Phi) is 6.77. The third kappa shape index (κ3) is 4.27. The van der Waals surface area contributed by atoms with E-state index in [-0.39, 0.29) is 23.9 Å². The van der Waals surface area contributed by atoms with Crippen LogP contribution in [0.25, 0.3) is 0 Å². The Hall–Kier alpha value is -4.74. The summed E-state index contributed by atoms with van der Waals surface area (Å²) in [5, 5.41) is 2.83. The Morgan fingerprint density at radius 2 is 1.49 bits per heavy atom. The average molecular weight is 542 g/mol. The van der Waals surface area contributed by atoms with Crippen molar-refractivity contribution in [3.05, 3.63) is 51.6 Å². The van der Waals surface area contributed by atoms with Crippen LogP contribution in [0.3, 0.4) is 0 Å². The first kappa shape index (κ1) is 25.9. The van der Waals surface area contributed by atoms with Crippen molar-refractivity contribution >= 4 is 11.6 Å². The van der Waals surface area contributed by atoms with Crippen LogP contribution in [0, 0.1) is 6.92 Å². The van der Waals surface area contributed by atoms with Crippen LogP contribution in [0.5, 0.6) is 46.0 Å². The molecule has 2 aliphatic heterocycles. The molecule has 0 aliphatic carbocycles. The van der Waals surface area contributed by atoms with Crippen LogP contribution in [0.15, 0.2) is 33.5 Å². The molecule has 3 heterocycles. The highest BCUT2D eigenvalue weighted by molar-refractivity contribution is 5.97. The molecule has 12 heteroatoms. The number of aryl methyl sites for hydroxylation is 1. The van der Waals surface area contributed by atoms with E-state index in [2.05, 4.69) is 5.32 Å². The maximum atomic E-state index is 13.8. The molecule has 0 radical (unpaired) electrons. The third-order valence-corrected chi connectivity index (χ3v) is 6.48. The van der Waals surface area contributed by atoms with E-state index in [1.54, 1.807) is 31.2 Å². The number of carbonyl (C=O) groups excluding carboxylic acids is 1. The van der Waals surface area contributed by atoms with Gasteiger partial charge in [0.2, 0.25) is 24.0 Å². The zero-order valence-corrected chi connectivity index (χ0v) is 22.2. The van der Waals surface area contributed by atoms with Crippen molar-refractivity contribution in [3.8, 4) is 46.0 Å². The molecule has 0 saturated heterocycles. The van der Waals surface area contributed by atoms with Gasteiger partial charge in [0, 0.05) is 29.4 Å². The summed E-state index contributed by atoms with van der Waals surface area (Å²) < 4.78 is 50.0. The lowest BCUT2D eigenvalue weighted by atomic mass is 9.87. The monoisotopic (exact) mass is 541 g/mol. The van der Waals surface area contributed by atoms with Crippen LogP contribution in [0.1, 0.15) is 22.8 Å². The van der Waals surface area contributed by atoms with Gasteiger partial charge < -0.3 is 47.6 Å². The molecule has 0 fully saturated rings. The van der Waals surface area contributed by atoms with Gasteiger partial charge in [-0.05, 0) is 13.0 Å². The number of hydrogen-bond donors (Lipinski definition) is 1. The van der Waals surface area contributed by atoms with Crippen molar-refractivity contribution in [2.24, 2.45) is 0 Å². The number of fused-ring (bicyclic) bond motifs is 2. The molecule has 12 nitrogen and oxygen atoms in total. The summed E-state index contributed by atoms with van der Waals surface area (Å²) in [6, 6.07) is 6.36. The fourth-order valence-corrected chi connectivity index (χ4v) is 4.84. The fourth-order valence-electron chi connectivity index (χ4n) is 4.84. The summed E-state index contributed by atoms with van der Waals surface area (Å²) in [4.78, 5) is 26.9. The van der Waals surface area contributed by atoms with Crippen LogP contribution in [0.2, 0.25) is 0 Å². The maximum Gasteiger partial charge on any atom is 0.343 e. The zero-order valence-electron chi connectivity index (χ0n) is 22.2. The van der Waals surface area contributed by atoms with Gasteiger partial charge in [0.05, 0.1) is 47.0 Å². The normalized spacial score (nSPS) is 16.7. The molecule has 1 amide bonds. The van der Waals surface area contributed by atoms with Crippen molar-refractivity contribution in [1.82, 2.24) is 0 Å². The molecule has 2 atom stereocenters. The van der Waals surface area contributed by atoms with Crippen molar-refractivity contribution in [1.29, 1.82) is 0 Å². The Balaban J connectivity index is 1.63. The molecule has 206 valence electrons. The number of hydrogen-bond acceptors (Lipinski definition) is 11. The Morgan fingerprint density at radius 3 is 2.10 bits per heavy atom. The smallest absolute Gasteiger partial charge is 0.343 e. The number of rotatable bonds is 8. The molecule has 0 unspecified atom stereocenters. The second kappa shape index (κ2) is 10.2. The van der Waals surface area contributed by atoms with Gasteiger partial charge in [-0.3, -0.25) is 4.79 Å². The Bertz CT molecular complexity index is 1470. The molecular weight excluding hydrogens is 514 g/mol. The molecule has 1 N–H and O–H groups in total. The summed E-state index contributed by atoms with van der Waals surface area (Å²) in [5.41, 5.74) is 0.284. The van der Waals surface area contributed by atoms with E-state index in [4.69, 9.17) is 42.3 Å². The summed E-state index contributed by atoms with van der Waals surface area (Å²) in [7, 11) is 7.34. The van der Waals surface area contributed by atoms with E-state index in [9.17, 15) is 9.59 Å². The highest BCUT2D eigenvalue weighted by atomic mass is 16.7. The SMILES string of the molecule is COc1cc(NC(=O)[C@H]2Oc3cc(C)oc(=O)c3[C@@H]2c2cc(OC)c3c(c2OC)OCO3)cc(OC)c1OC. The van der Waals surface area contributed by atoms with Gasteiger partial charge in [0.1, 0.15) is 11.5 Å². The largest absolute Gasteiger partial charge is 0.493 e. The molecule has 2 aliphatic rings. The molecule has 39 heavy (non-hydrogen) atoms. The van der Waals surface area contributed by atoms with E-state index in [0.29, 0.717) is 51.5 Å². The Labute approximate surface area is 223 Å². The minimum absolute atomic E-state index is 0.0460. The predicted octanol–water partition coefficient (Wildman–Crippen LogP) is 3.25.